The highest BCUT2D eigenvalue weighted by Crippen LogP contribution is 2.25. The molecule has 1 saturated carbocycles. The van der Waals surface area contributed by atoms with Gasteiger partial charge in [0, 0.05) is 6.04 Å². The molecule has 2 nitrogen and oxygen atoms in total. The molecule has 1 atom stereocenters. The van der Waals surface area contributed by atoms with Crippen molar-refractivity contribution in [3.05, 3.63) is 0 Å². The van der Waals surface area contributed by atoms with Gasteiger partial charge in [-0.1, -0.05) is 0 Å². The number of nitrogens with two attached hydrogens (primary N) is 1. The van der Waals surface area contributed by atoms with Crippen LogP contribution in [0.1, 0.15) is 32.6 Å². The van der Waals surface area contributed by atoms with Gasteiger partial charge in [0.25, 0.3) is 0 Å². The van der Waals surface area contributed by atoms with Crippen LogP contribution in [0.2, 0.25) is 0 Å². The molecule has 0 aromatic rings. The van der Waals surface area contributed by atoms with Gasteiger partial charge in [-0.05, 0) is 38.5 Å². The van der Waals surface area contributed by atoms with Crippen molar-refractivity contribution in [3.63, 3.8) is 0 Å². The number of hydrogen-bond acceptors (Lipinski definition) is 2. The normalized spacial score (nSPS) is 34.1. The summed E-state index contributed by atoms with van der Waals surface area (Å²) in [6.07, 6.45) is 4.07. The SMILES string of the molecule is CC(N)C1CCC(O)CC1.Cl. The third-order valence-electron chi connectivity index (χ3n) is 2.48. The Kier molecular flexibility index (Phi) is 5.06. The maximum atomic E-state index is 9.17. The standard InChI is InChI=1S/C8H17NO.ClH/c1-6(9)7-2-4-8(10)5-3-7;/h6-8,10H,2-5,9H2,1H3;1H. The topological polar surface area (TPSA) is 46.2 Å². The number of aliphatic hydroxyl groups is 1. The number of halogens is 1. The Morgan fingerprint density at radius 2 is 1.73 bits per heavy atom. The minimum Gasteiger partial charge on any atom is -0.393 e. The van der Waals surface area contributed by atoms with Crippen LogP contribution in [-0.4, -0.2) is 17.3 Å². The minimum absolute atomic E-state index is 0. The molecule has 68 valence electrons. The van der Waals surface area contributed by atoms with Crippen molar-refractivity contribution in [3.8, 4) is 0 Å². The van der Waals surface area contributed by atoms with Crippen LogP contribution in [-0.2, 0) is 0 Å². The van der Waals surface area contributed by atoms with Gasteiger partial charge in [0.2, 0.25) is 0 Å². The lowest BCUT2D eigenvalue weighted by Gasteiger charge is -2.27. The molecule has 3 heteroatoms. The highest BCUT2D eigenvalue weighted by atomic mass is 35.5. The van der Waals surface area contributed by atoms with Crippen molar-refractivity contribution in [1.29, 1.82) is 0 Å². The van der Waals surface area contributed by atoms with Gasteiger partial charge in [0.1, 0.15) is 0 Å². The Morgan fingerprint density at radius 1 is 1.27 bits per heavy atom. The maximum Gasteiger partial charge on any atom is 0.0540 e. The van der Waals surface area contributed by atoms with E-state index in [1.54, 1.807) is 0 Å². The third kappa shape index (κ3) is 3.41. The Hall–Kier alpha value is 0.210. The monoisotopic (exact) mass is 179 g/mol. The largest absolute Gasteiger partial charge is 0.393 e. The smallest absolute Gasteiger partial charge is 0.0540 e. The molecule has 0 spiro atoms. The average Bonchev–Trinajstić information content (AvgIpc) is 1.88. The molecule has 0 saturated heterocycles. The number of rotatable bonds is 1. The molecule has 0 amide bonds. The number of aliphatic hydroxyl groups excluding tert-OH is 1. The van der Waals surface area contributed by atoms with Gasteiger partial charge >= 0.3 is 0 Å². The van der Waals surface area contributed by atoms with E-state index >= 15 is 0 Å². The molecule has 0 radical (unpaired) electrons. The Morgan fingerprint density at radius 3 is 2.09 bits per heavy atom. The van der Waals surface area contributed by atoms with Crippen molar-refractivity contribution >= 4 is 12.4 Å². The van der Waals surface area contributed by atoms with Gasteiger partial charge in [-0.15, -0.1) is 12.4 Å². The quantitative estimate of drug-likeness (QED) is 0.638. The summed E-state index contributed by atoms with van der Waals surface area (Å²) in [5.74, 6) is 0.656. The minimum atomic E-state index is -0.0463. The second-order valence-electron chi connectivity index (χ2n) is 3.43. The molecular formula is C8H18ClNO. The van der Waals surface area contributed by atoms with Crippen LogP contribution in [0, 0.1) is 5.92 Å². The fraction of sp³-hybridized carbons (Fsp3) is 1.00. The van der Waals surface area contributed by atoms with Gasteiger partial charge in [-0.25, -0.2) is 0 Å². The van der Waals surface area contributed by atoms with E-state index in [0.717, 1.165) is 25.7 Å². The Labute approximate surface area is 74.6 Å². The van der Waals surface area contributed by atoms with E-state index in [4.69, 9.17) is 10.8 Å². The molecule has 0 bridgehead atoms. The molecule has 0 aromatic carbocycles. The predicted octanol–water partition coefficient (Wildman–Crippen LogP) is 1.31. The second kappa shape index (κ2) is 4.96. The molecule has 1 unspecified atom stereocenters. The van der Waals surface area contributed by atoms with Crippen molar-refractivity contribution in [2.75, 3.05) is 0 Å². The van der Waals surface area contributed by atoms with E-state index in [2.05, 4.69) is 6.92 Å². The van der Waals surface area contributed by atoms with Crippen LogP contribution in [0.3, 0.4) is 0 Å². The van der Waals surface area contributed by atoms with Gasteiger partial charge in [0.05, 0.1) is 6.10 Å². The molecule has 1 aliphatic carbocycles. The van der Waals surface area contributed by atoms with E-state index in [9.17, 15) is 0 Å². The first-order chi connectivity index (χ1) is 4.70. The summed E-state index contributed by atoms with van der Waals surface area (Å²) in [5.41, 5.74) is 5.73. The summed E-state index contributed by atoms with van der Waals surface area (Å²) in [4.78, 5) is 0. The lowest BCUT2D eigenvalue weighted by atomic mass is 9.84. The second-order valence-corrected chi connectivity index (χ2v) is 3.43. The first-order valence-corrected chi connectivity index (χ1v) is 4.14. The first-order valence-electron chi connectivity index (χ1n) is 4.14. The van der Waals surface area contributed by atoms with Crippen LogP contribution < -0.4 is 5.73 Å². The van der Waals surface area contributed by atoms with Crippen molar-refractivity contribution in [1.82, 2.24) is 0 Å². The van der Waals surface area contributed by atoms with Crippen LogP contribution in [0.5, 0.6) is 0 Å². The molecule has 1 fully saturated rings. The highest BCUT2D eigenvalue weighted by molar-refractivity contribution is 5.85. The van der Waals surface area contributed by atoms with Crippen molar-refractivity contribution in [2.24, 2.45) is 11.7 Å². The van der Waals surface area contributed by atoms with Crippen molar-refractivity contribution < 1.29 is 5.11 Å². The third-order valence-corrected chi connectivity index (χ3v) is 2.48. The molecule has 0 aromatic heterocycles. The Bertz CT molecular complexity index is 100. The molecule has 0 heterocycles. The summed E-state index contributed by atoms with van der Waals surface area (Å²) in [7, 11) is 0. The maximum absolute atomic E-state index is 9.17. The summed E-state index contributed by atoms with van der Waals surface area (Å²) >= 11 is 0. The molecule has 3 N–H and O–H groups in total. The van der Waals surface area contributed by atoms with Crippen LogP contribution >= 0.6 is 12.4 Å². The van der Waals surface area contributed by atoms with E-state index in [0.29, 0.717) is 12.0 Å². The van der Waals surface area contributed by atoms with Gasteiger partial charge in [0.15, 0.2) is 0 Å². The summed E-state index contributed by atoms with van der Waals surface area (Å²) in [6, 6.07) is 0.312. The summed E-state index contributed by atoms with van der Waals surface area (Å²) in [5, 5.41) is 9.17. The molecule has 11 heavy (non-hydrogen) atoms. The fourth-order valence-corrected chi connectivity index (χ4v) is 1.63. The highest BCUT2D eigenvalue weighted by Gasteiger charge is 2.21. The predicted molar refractivity (Wildman–Crippen MR) is 48.9 cm³/mol. The molecular weight excluding hydrogens is 162 g/mol. The van der Waals surface area contributed by atoms with E-state index in [-0.39, 0.29) is 18.5 Å². The first kappa shape index (κ1) is 11.2. The molecule has 0 aliphatic heterocycles. The molecule has 1 aliphatic rings. The van der Waals surface area contributed by atoms with Crippen molar-refractivity contribution in [2.45, 2.75) is 44.8 Å². The average molecular weight is 180 g/mol. The lowest BCUT2D eigenvalue weighted by molar-refractivity contribution is 0.103. The van der Waals surface area contributed by atoms with E-state index in [1.165, 1.54) is 0 Å². The molecule has 1 rings (SSSR count). The van der Waals surface area contributed by atoms with Gasteiger partial charge in [-0.2, -0.15) is 0 Å². The zero-order chi connectivity index (χ0) is 7.56. The van der Waals surface area contributed by atoms with Gasteiger partial charge in [-0.3, -0.25) is 0 Å². The Balaban J connectivity index is 0.000001000. The van der Waals surface area contributed by atoms with Crippen LogP contribution in [0.15, 0.2) is 0 Å². The number of hydrogen-bond donors (Lipinski definition) is 2. The fourth-order valence-electron chi connectivity index (χ4n) is 1.63. The zero-order valence-electron chi connectivity index (χ0n) is 6.99. The van der Waals surface area contributed by atoms with E-state index in [1.807, 2.05) is 0 Å². The van der Waals surface area contributed by atoms with Crippen LogP contribution in [0.4, 0.5) is 0 Å². The van der Waals surface area contributed by atoms with Crippen LogP contribution in [0.25, 0.3) is 0 Å². The zero-order valence-corrected chi connectivity index (χ0v) is 7.81. The summed E-state index contributed by atoms with van der Waals surface area (Å²) in [6.45, 7) is 2.06. The lowest BCUT2D eigenvalue weighted by Crippen LogP contribution is -2.31. The summed E-state index contributed by atoms with van der Waals surface area (Å²) < 4.78 is 0. The van der Waals surface area contributed by atoms with Gasteiger partial charge < -0.3 is 10.8 Å². The van der Waals surface area contributed by atoms with E-state index < -0.39 is 0 Å².